The number of pyridine rings is 1. The van der Waals surface area contributed by atoms with Gasteiger partial charge in [0.25, 0.3) is 6.43 Å². The van der Waals surface area contributed by atoms with Crippen LogP contribution in [-0.2, 0) is 0 Å². The number of nitrogens with zero attached hydrogens (tertiary/aromatic N) is 2. The van der Waals surface area contributed by atoms with Gasteiger partial charge in [0, 0.05) is 6.20 Å². The minimum Gasteiger partial charge on any atom is -0.404 e. The fourth-order valence-corrected chi connectivity index (χ4v) is 1.44. The fraction of sp³-hybridized carbons (Fsp3) is 0.250. The number of alkyl halides is 5. The molecule has 0 radical (unpaired) electrons. The molecule has 17 heavy (non-hydrogen) atoms. The molecule has 1 rings (SSSR count). The number of hydrogen-bond donors (Lipinski definition) is 0. The molecule has 0 amide bonds. The number of aromatic nitrogens is 1. The zero-order valence-electron chi connectivity index (χ0n) is 7.73. The summed E-state index contributed by atoms with van der Waals surface area (Å²) in [6.07, 6.45) is -7.73. The van der Waals surface area contributed by atoms with Gasteiger partial charge in [-0.3, -0.25) is 0 Å². The van der Waals surface area contributed by atoms with E-state index < -0.39 is 34.3 Å². The molecular weight excluding hydrogens is 315 g/mol. The molecule has 0 N–H and O–H groups in total. The van der Waals surface area contributed by atoms with Crippen LogP contribution in [-0.4, -0.2) is 11.3 Å². The van der Waals surface area contributed by atoms with Gasteiger partial charge >= 0.3 is 6.36 Å². The van der Waals surface area contributed by atoms with Crippen LogP contribution in [0.3, 0.4) is 0 Å². The zero-order chi connectivity index (χ0) is 13.2. The lowest BCUT2D eigenvalue weighted by Crippen LogP contribution is -2.19. The van der Waals surface area contributed by atoms with Gasteiger partial charge in [0.15, 0.2) is 5.75 Å². The van der Waals surface area contributed by atoms with Crippen molar-refractivity contribution in [2.24, 2.45) is 0 Å². The Balaban J connectivity index is 3.42. The van der Waals surface area contributed by atoms with Crippen LogP contribution >= 0.6 is 15.9 Å². The lowest BCUT2D eigenvalue weighted by Gasteiger charge is -2.14. The molecule has 0 aliphatic heterocycles. The van der Waals surface area contributed by atoms with Crippen molar-refractivity contribution in [1.82, 2.24) is 4.98 Å². The Morgan fingerprint density at radius 1 is 1.41 bits per heavy atom. The molecule has 0 saturated carbocycles. The van der Waals surface area contributed by atoms with E-state index in [0.717, 1.165) is 0 Å². The summed E-state index contributed by atoms with van der Waals surface area (Å²) in [5.74, 6) is -1.24. The Hall–Kier alpha value is -1.43. The average Bonchev–Trinajstić information content (AvgIpc) is 2.15. The molecule has 0 aromatic carbocycles. The summed E-state index contributed by atoms with van der Waals surface area (Å²) >= 11 is 2.57. The Morgan fingerprint density at radius 2 is 2.00 bits per heavy atom. The summed E-state index contributed by atoms with van der Waals surface area (Å²) in [4.78, 5) is 3.33. The van der Waals surface area contributed by atoms with Gasteiger partial charge in [-0.05, 0) is 15.9 Å². The maximum Gasteiger partial charge on any atom is 0.573 e. The van der Waals surface area contributed by atoms with E-state index in [0.29, 0.717) is 6.20 Å². The highest BCUT2D eigenvalue weighted by Gasteiger charge is 2.35. The molecule has 1 heterocycles. The second-order valence-electron chi connectivity index (χ2n) is 2.67. The number of nitriles is 1. The highest BCUT2D eigenvalue weighted by atomic mass is 79.9. The summed E-state index contributed by atoms with van der Waals surface area (Å²) in [5, 5.41) is 8.51. The van der Waals surface area contributed by atoms with Crippen molar-refractivity contribution in [3.63, 3.8) is 0 Å². The van der Waals surface area contributed by atoms with Gasteiger partial charge in [-0.2, -0.15) is 5.26 Å². The predicted molar refractivity (Wildman–Crippen MR) is 48.3 cm³/mol. The largest absolute Gasteiger partial charge is 0.573 e. The Labute approximate surface area is 99.9 Å². The molecule has 0 atom stereocenters. The minimum absolute atomic E-state index is 0.509. The minimum atomic E-state index is -5.17. The third-order valence-corrected chi connectivity index (χ3v) is 2.21. The maximum atomic E-state index is 12.6. The second-order valence-corrected chi connectivity index (χ2v) is 3.42. The van der Waals surface area contributed by atoms with Gasteiger partial charge in [0.1, 0.15) is 16.2 Å². The van der Waals surface area contributed by atoms with Crippen LogP contribution in [0.1, 0.15) is 17.6 Å². The Kier molecular flexibility index (Phi) is 3.87. The normalized spacial score (nSPS) is 11.4. The van der Waals surface area contributed by atoms with Gasteiger partial charge in [-0.25, -0.2) is 13.8 Å². The average molecular weight is 317 g/mol. The molecule has 0 aliphatic carbocycles. The topological polar surface area (TPSA) is 45.9 Å². The lowest BCUT2D eigenvalue weighted by atomic mass is 10.2. The van der Waals surface area contributed by atoms with Crippen LogP contribution in [0.15, 0.2) is 10.8 Å². The second kappa shape index (κ2) is 4.83. The molecule has 92 valence electrons. The highest BCUT2D eigenvalue weighted by molar-refractivity contribution is 9.10. The summed E-state index contributed by atoms with van der Waals surface area (Å²) in [6, 6.07) is 1.30. The Morgan fingerprint density at radius 3 is 2.41 bits per heavy atom. The van der Waals surface area contributed by atoms with E-state index in [1.54, 1.807) is 0 Å². The standard InChI is InChI=1S/C8H2BrF5N2O/c9-6-4(7(10)11)5(17-8(12,13)14)3(1-15)2-16-6/h2,7H. The summed E-state index contributed by atoms with van der Waals surface area (Å²) < 4.78 is 64.1. The van der Waals surface area contributed by atoms with Crippen molar-refractivity contribution in [3.8, 4) is 11.8 Å². The first kappa shape index (κ1) is 13.6. The SMILES string of the molecule is N#Cc1cnc(Br)c(C(F)F)c1OC(F)(F)F. The fourth-order valence-electron chi connectivity index (χ4n) is 0.983. The zero-order valence-corrected chi connectivity index (χ0v) is 9.31. The van der Waals surface area contributed by atoms with Crippen molar-refractivity contribution < 1.29 is 26.7 Å². The quantitative estimate of drug-likeness (QED) is 0.619. The summed E-state index contributed by atoms with van der Waals surface area (Å²) in [6.45, 7) is 0. The molecule has 0 aliphatic rings. The molecular formula is C8H2BrF5N2O. The highest BCUT2D eigenvalue weighted by Crippen LogP contribution is 2.38. The molecule has 0 bridgehead atoms. The van der Waals surface area contributed by atoms with Crippen LogP contribution in [0, 0.1) is 11.3 Å². The van der Waals surface area contributed by atoms with Crippen molar-refractivity contribution in [2.75, 3.05) is 0 Å². The number of hydrogen-bond acceptors (Lipinski definition) is 3. The van der Waals surface area contributed by atoms with E-state index in [1.807, 2.05) is 0 Å². The summed E-state index contributed by atoms with van der Waals surface area (Å²) in [7, 11) is 0. The first-order valence-electron chi connectivity index (χ1n) is 3.88. The van der Waals surface area contributed by atoms with E-state index in [4.69, 9.17) is 5.26 Å². The smallest absolute Gasteiger partial charge is 0.404 e. The van der Waals surface area contributed by atoms with Crippen LogP contribution in [0.5, 0.6) is 5.75 Å². The van der Waals surface area contributed by atoms with Crippen LogP contribution in [0.25, 0.3) is 0 Å². The molecule has 1 aromatic rings. The Bertz CT molecular complexity index is 468. The van der Waals surface area contributed by atoms with Gasteiger partial charge < -0.3 is 4.74 Å². The molecule has 0 fully saturated rings. The van der Waals surface area contributed by atoms with E-state index in [-0.39, 0.29) is 0 Å². The van der Waals surface area contributed by atoms with Gasteiger partial charge in [-0.15, -0.1) is 13.2 Å². The van der Waals surface area contributed by atoms with Gasteiger partial charge in [-0.1, -0.05) is 0 Å². The number of halogens is 6. The molecule has 3 nitrogen and oxygen atoms in total. The van der Waals surface area contributed by atoms with Crippen molar-refractivity contribution in [3.05, 3.63) is 21.9 Å². The van der Waals surface area contributed by atoms with E-state index in [9.17, 15) is 22.0 Å². The lowest BCUT2D eigenvalue weighted by molar-refractivity contribution is -0.275. The van der Waals surface area contributed by atoms with Crippen molar-refractivity contribution >= 4 is 15.9 Å². The van der Waals surface area contributed by atoms with Gasteiger partial charge in [0.05, 0.1) is 5.56 Å². The van der Waals surface area contributed by atoms with E-state index >= 15 is 0 Å². The summed E-state index contributed by atoms with van der Waals surface area (Å²) in [5.41, 5.74) is -1.83. The molecule has 0 spiro atoms. The van der Waals surface area contributed by atoms with Crippen LogP contribution in [0.2, 0.25) is 0 Å². The number of rotatable bonds is 2. The van der Waals surface area contributed by atoms with Crippen LogP contribution in [0.4, 0.5) is 22.0 Å². The van der Waals surface area contributed by atoms with Crippen molar-refractivity contribution in [1.29, 1.82) is 5.26 Å². The maximum absolute atomic E-state index is 12.6. The molecule has 1 aromatic heterocycles. The first-order valence-corrected chi connectivity index (χ1v) is 4.68. The molecule has 0 unspecified atom stereocenters. The van der Waals surface area contributed by atoms with Crippen molar-refractivity contribution in [2.45, 2.75) is 12.8 Å². The van der Waals surface area contributed by atoms with Gasteiger partial charge in [0.2, 0.25) is 0 Å². The third kappa shape index (κ3) is 3.26. The first-order chi connectivity index (χ1) is 7.76. The molecule has 9 heteroatoms. The van der Waals surface area contributed by atoms with E-state index in [2.05, 4.69) is 25.7 Å². The third-order valence-electron chi connectivity index (χ3n) is 1.57. The predicted octanol–water partition coefficient (Wildman–Crippen LogP) is 3.55. The monoisotopic (exact) mass is 316 g/mol. The van der Waals surface area contributed by atoms with E-state index in [1.165, 1.54) is 6.07 Å². The molecule has 0 saturated heterocycles. The van der Waals surface area contributed by atoms with Crippen LogP contribution < -0.4 is 4.74 Å². The number of ether oxygens (including phenoxy) is 1.